The van der Waals surface area contributed by atoms with Crippen LogP contribution in [0.4, 0.5) is 4.39 Å². The van der Waals surface area contributed by atoms with E-state index in [1.807, 2.05) is 54.1 Å². The van der Waals surface area contributed by atoms with Crippen LogP contribution in [-0.2, 0) is 13.7 Å². The molecule has 142 valence electrons. The van der Waals surface area contributed by atoms with Crippen molar-refractivity contribution in [2.24, 2.45) is 7.05 Å². The molecule has 0 bridgehead atoms. The van der Waals surface area contributed by atoms with E-state index >= 15 is 0 Å². The first-order chi connectivity index (χ1) is 13.6. The first-order valence-corrected chi connectivity index (χ1v) is 8.78. The number of aryl methyl sites for hydroxylation is 1. The summed E-state index contributed by atoms with van der Waals surface area (Å²) in [5.74, 6) is 2.99. The molecule has 28 heavy (non-hydrogen) atoms. The van der Waals surface area contributed by atoms with Gasteiger partial charge in [0.15, 0.2) is 0 Å². The number of hydrogen-bond donors (Lipinski definition) is 0. The zero-order valence-electron chi connectivity index (χ0n) is 15.6. The summed E-state index contributed by atoms with van der Waals surface area (Å²) in [5.41, 5.74) is 1.75. The molecule has 0 saturated carbocycles. The van der Waals surface area contributed by atoms with E-state index in [9.17, 15) is 4.39 Å². The van der Waals surface area contributed by atoms with Gasteiger partial charge in [0.1, 0.15) is 41.2 Å². The lowest BCUT2D eigenvalue weighted by Crippen LogP contribution is -2.03. The second kappa shape index (κ2) is 7.60. The van der Waals surface area contributed by atoms with E-state index < -0.39 is 0 Å². The highest BCUT2D eigenvalue weighted by Gasteiger charge is 2.10. The van der Waals surface area contributed by atoms with E-state index in [2.05, 4.69) is 4.98 Å². The molecule has 0 aliphatic heterocycles. The minimum atomic E-state index is -0.332. The molecule has 0 aliphatic rings. The molecule has 0 atom stereocenters. The van der Waals surface area contributed by atoms with Gasteiger partial charge >= 0.3 is 0 Å². The Morgan fingerprint density at radius 3 is 2.46 bits per heavy atom. The molecule has 3 aromatic carbocycles. The molecule has 0 spiro atoms. The lowest BCUT2D eigenvalue weighted by molar-refractivity contribution is 0.291. The van der Waals surface area contributed by atoms with Crippen molar-refractivity contribution < 1.29 is 18.6 Å². The molecule has 1 aromatic heterocycles. The third kappa shape index (κ3) is 3.76. The topological polar surface area (TPSA) is 45.5 Å². The van der Waals surface area contributed by atoms with E-state index in [1.54, 1.807) is 19.2 Å². The van der Waals surface area contributed by atoms with E-state index in [4.69, 9.17) is 14.2 Å². The first kappa shape index (κ1) is 17.9. The summed E-state index contributed by atoms with van der Waals surface area (Å²) in [5, 5.41) is 0. The Kier molecular flexibility index (Phi) is 4.85. The Balaban J connectivity index is 1.55. The Hall–Kier alpha value is -3.54. The minimum absolute atomic E-state index is 0.237. The van der Waals surface area contributed by atoms with Gasteiger partial charge < -0.3 is 18.8 Å². The molecular formula is C22H19FN2O3. The van der Waals surface area contributed by atoms with Crippen LogP contribution >= 0.6 is 0 Å². The maximum atomic E-state index is 13.3. The van der Waals surface area contributed by atoms with E-state index in [0.717, 1.165) is 22.6 Å². The second-order valence-corrected chi connectivity index (χ2v) is 6.26. The van der Waals surface area contributed by atoms with Crippen LogP contribution < -0.4 is 14.2 Å². The molecule has 1 heterocycles. The highest BCUT2D eigenvalue weighted by atomic mass is 19.1. The summed E-state index contributed by atoms with van der Waals surface area (Å²) >= 11 is 0. The standard InChI is InChI=1S/C22H19FN2O3/c1-25-21-13-19(28-18-8-4-6-16(12-18)26-2)9-10-20(21)24-22(25)14-27-17-7-3-5-15(23)11-17/h3-13H,14H2,1-2H3. The lowest BCUT2D eigenvalue weighted by Gasteiger charge is -2.08. The zero-order valence-corrected chi connectivity index (χ0v) is 15.6. The van der Waals surface area contributed by atoms with Gasteiger partial charge in [-0.2, -0.15) is 0 Å². The predicted molar refractivity (Wildman–Crippen MR) is 105 cm³/mol. The summed E-state index contributed by atoms with van der Waals surface area (Å²) in [6.45, 7) is 0.237. The quantitative estimate of drug-likeness (QED) is 0.469. The van der Waals surface area contributed by atoms with Gasteiger partial charge in [-0.05, 0) is 36.4 Å². The minimum Gasteiger partial charge on any atom is -0.497 e. The van der Waals surface area contributed by atoms with Crippen molar-refractivity contribution in [1.82, 2.24) is 9.55 Å². The highest BCUT2D eigenvalue weighted by molar-refractivity contribution is 5.77. The number of hydrogen-bond acceptors (Lipinski definition) is 4. The number of methoxy groups -OCH3 is 1. The predicted octanol–water partition coefficient (Wildman–Crippen LogP) is 5.09. The van der Waals surface area contributed by atoms with Gasteiger partial charge in [-0.25, -0.2) is 9.37 Å². The Labute approximate surface area is 161 Å². The van der Waals surface area contributed by atoms with Crippen LogP contribution in [0.25, 0.3) is 11.0 Å². The number of benzene rings is 3. The molecule has 4 rings (SSSR count). The zero-order chi connectivity index (χ0) is 19.5. The van der Waals surface area contributed by atoms with Crippen LogP contribution in [0, 0.1) is 5.82 Å². The summed E-state index contributed by atoms with van der Waals surface area (Å²) in [4.78, 5) is 4.59. The number of halogens is 1. The number of imidazole rings is 1. The summed E-state index contributed by atoms with van der Waals surface area (Å²) in [7, 11) is 3.53. The molecule has 0 saturated heterocycles. The number of rotatable bonds is 6. The fraction of sp³-hybridized carbons (Fsp3) is 0.136. The van der Waals surface area contributed by atoms with E-state index in [-0.39, 0.29) is 12.4 Å². The Morgan fingerprint density at radius 2 is 1.64 bits per heavy atom. The van der Waals surface area contributed by atoms with Crippen LogP contribution in [0.5, 0.6) is 23.0 Å². The first-order valence-electron chi connectivity index (χ1n) is 8.78. The second-order valence-electron chi connectivity index (χ2n) is 6.26. The van der Waals surface area contributed by atoms with Gasteiger partial charge in [0, 0.05) is 25.2 Å². The van der Waals surface area contributed by atoms with Crippen molar-refractivity contribution in [2.45, 2.75) is 6.61 Å². The highest BCUT2D eigenvalue weighted by Crippen LogP contribution is 2.28. The maximum absolute atomic E-state index is 13.3. The number of aromatic nitrogens is 2. The maximum Gasteiger partial charge on any atom is 0.147 e. The number of nitrogens with zero attached hydrogens (tertiary/aromatic N) is 2. The summed E-state index contributed by atoms with van der Waals surface area (Å²) in [6.07, 6.45) is 0. The monoisotopic (exact) mass is 378 g/mol. The van der Waals surface area contributed by atoms with Gasteiger partial charge in [-0.1, -0.05) is 12.1 Å². The van der Waals surface area contributed by atoms with Crippen molar-refractivity contribution in [3.63, 3.8) is 0 Å². The van der Waals surface area contributed by atoms with Crippen molar-refractivity contribution in [2.75, 3.05) is 7.11 Å². The molecule has 0 aliphatic carbocycles. The summed E-state index contributed by atoms with van der Waals surface area (Å²) < 4.78 is 32.1. The molecule has 0 unspecified atom stereocenters. The fourth-order valence-electron chi connectivity index (χ4n) is 2.92. The molecule has 0 N–H and O–H groups in total. The van der Waals surface area contributed by atoms with Crippen LogP contribution in [0.2, 0.25) is 0 Å². The van der Waals surface area contributed by atoms with Gasteiger partial charge in [-0.15, -0.1) is 0 Å². The van der Waals surface area contributed by atoms with Crippen LogP contribution in [0.15, 0.2) is 66.7 Å². The fourth-order valence-corrected chi connectivity index (χ4v) is 2.92. The lowest BCUT2D eigenvalue weighted by atomic mass is 10.3. The van der Waals surface area contributed by atoms with E-state index in [1.165, 1.54) is 12.1 Å². The van der Waals surface area contributed by atoms with Crippen LogP contribution in [0.1, 0.15) is 5.82 Å². The molecule has 0 radical (unpaired) electrons. The average molecular weight is 378 g/mol. The van der Waals surface area contributed by atoms with Crippen LogP contribution in [-0.4, -0.2) is 16.7 Å². The van der Waals surface area contributed by atoms with Crippen molar-refractivity contribution in [3.05, 3.63) is 78.4 Å². The average Bonchev–Trinajstić information content (AvgIpc) is 3.02. The van der Waals surface area contributed by atoms with Gasteiger partial charge in [0.05, 0.1) is 18.1 Å². The SMILES string of the molecule is COc1cccc(Oc2ccc3nc(COc4cccc(F)c4)n(C)c3c2)c1. The third-order valence-corrected chi connectivity index (χ3v) is 4.39. The third-order valence-electron chi connectivity index (χ3n) is 4.39. The summed E-state index contributed by atoms with van der Waals surface area (Å²) in [6, 6.07) is 19.2. The van der Waals surface area contributed by atoms with Crippen molar-refractivity contribution >= 4 is 11.0 Å². The Morgan fingerprint density at radius 1 is 0.893 bits per heavy atom. The molecule has 6 heteroatoms. The largest absolute Gasteiger partial charge is 0.497 e. The molecule has 5 nitrogen and oxygen atoms in total. The molecular weight excluding hydrogens is 359 g/mol. The van der Waals surface area contributed by atoms with Gasteiger partial charge in [0.2, 0.25) is 0 Å². The number of ether oxygens (including phenoxy) is 3. The smallest absolute Gasteiger partial charge is 0.147 e. The number of fused-ring (bicyclic) bond motifs is 1. The van der Waals surface area contributed by atoms with Crippen LogP contribution in [0.3, 0.4) is 0 Å². The Bertz CT molecular complexity index is 1120. The molecule has 0 amide bonds. The molecule has 4 aromatic rings. The van der Waals surface area contributed by atoms with E-state index in [0.29, 0.717) is 17.2 Å². The molecule has 0 fully saturated rings. The normalized spacial score (nSPS) is 10.8. The van der Waals surface area contributed by atoms with Gasteiger partial charge in [-0.3, -0.25) is 0 Å². The van der Waals surface area contributed by atoms with Crippen molar-refractivity contribution in [3.8, 4) is 23.0 Å². The van der Waals surface area contributed by atoms with Gasteiger partial charge in [0.25, 0.3) is 0 Å². The van der Waals surface area contributed by atoms with Crippen molar-refractivity contribution in [1.29, 1.82) is 0 Å².